The van der Waals surface area contributed by atoms with Gasteiger partial charge in [0.05, 0.1) is 11.1 Å². The van der Waals surface area contributed by atoms with Crippen LogP contribution in [-0.4, -0.2) is 22.3 Å². The maximum Gasteiger partial charge on any atom is 0.339 e. The van der Waals surface area contributed by atoms with Crippen LogP contribution in [0.2, 0.25) is 0 Å². The number of nitro benzene ring substituents is 1. The summed E-state index contributed by atoms with van der Waals surface area (Å²) in [6.07, 6.45) is 1.12. The van der Waals surface area contributed by atoms with Gasteiger partial charge in [-0.05, 0) is 18.2 Å². The quantitative estimate of drug-likeness (QED) is 0.456. The highest BCUT2D eigenvalue weighted by atomic mass is 16.6. The zero-order valence-electron chi connectivity index (χ0n) is 11.3. The summed E-state index contributed by atoms with van der Waals surface area (Å²) in [5, 5.41) is 26.4. The highest BCUT2D eigenvalue weighted by molar-refractivity contribution is 5.91. The number of phenolic OH excluding ortho intramolecular Hbond substituents is 1. The van der Waals surface area contributed by atoms with Gasteiger partial charge in [-0.2, -0.15) is 5.10 Å². The number of non-ortho nitro benzene ring substituents is 1. The molecule has 22 heavy (non-hydrogen) atoms. The van der Waals surface area contributed by atoms with Gasteiger partial charge in [-0.3, -0.25) is 10.1 Å². The number of benzene rings is 2. The van der Waals surface area contributed by atoms with E-state index in [0.717, 1.165) is 12.3 Å². The minimum atomic E-state index is -0.591. The molecule has 0 aliphatic rings. The van der Waals surface area contributed by atoms with Crippen molar-refractivity contribution in [3.8, 4) is 5.75 Å². The summed E-state index contributed by atoms with van der Waals surface area (Å²) in [4.78, 5) is 21.6. The predicted molar refractivity (Wildman–Crippen MR) is 81.0 cm³/mol. The third kappa shape index (κ3) is 4.04. The second-order valence-electron chi connectivity index (χ2n) is 4.19. The summed E-state index contributed by atoms with van der Waals surface area (Å²) in [5.74, 6) is -0.181. The Bertz CT molecular complexity index is 716. The number of anilines is 1. The number of aromatic hydroxyl groups is 1. The molecule has 0 saturated heterocycles. The number of hydrogen-bond donors (Lipinski definition) is 3. The van der Waals surface area contributed by atoms with Crippen LogP contribution >= 0.6 is 0 Å². The van der Waals surface area contributed by atoms with Gasteiger partial charge in [0.25, 0.3) is 5.69 Å². The molecule has 2 amide bonds. The second-order valence-corrected chi connectivity index (χ2v) is 4.19. The van der Waals surface area contributed by atoms with E-state index in [9.17, 15) is 20.0 Å². The molecule has 3 N–H and O–H groups in total. The molecule has 0 aromatic heterocycles. The number of hydrogen-bond acceptors (Lipinski definition) is 5. The number of amides is 2. The van der Waals surface area contributed by atoms with Crippen LogP contribution in [0, 0.1) is 10.1 Å². The van der Waals surface area contributed by atoms with Gasteiger partial charge < -0.3 is 10.4 Å². The van der Waals surface area contributed by atoms with Gasteiger partial charge in [0.1, 0.15) is 5.75 Å². The highest BCUT2D eigenvalue weighted by Crippen LogP contribution is 2.21. The van der Waals surface area contributed by atoms with Crippen LogP contribution in [0.3, 0.4) is 0 Å². The average Bonchev–Trinajstić information content (AvgIpc) is 2.50. The fourth-order valence-corrected chi connectivity index (χ4v) is 1.60. The first-order valence-electron chi connectivity index (χ1n) is 6.19. The highest BCUT2D eigenvalue weighted by Gasteiger charge is 2.08. The van der Waals surface area contributed by atoms with Crippen LogP contribution in [0.5, 0.6) is 5.75 Å². The van der Waals surface area contributed by atoms with Crippen molar-refractivity contribution in [1.82, 2.24) is 5.43 Å². The number of nitro groups is 1. The minimum absolute atomic E-state index is 0.120. The number of rotatable bonds is 4. The summed E-state index contributed by atoms with van der Waals surface area (Å²) in [7, 11) is 0. The van der Waals surface area contributed by atoms with Crippen molar-refractivity contribution in [3.05, 3.63) is 64.2 Å². The average molecular weight is 300 g/mol. The molecule has 2 aromatic rings. The molecule has 8 heteroatoms. The van der Waals surface area contributed by atoms with E-state index in [1.54, 1.807) is 24.3 Å². The normalized spacial score (nSPS) is 10.4. The molecule has 0 unspecified atom stereocenters. The zero-order chi connectivity index (χ0) is 15.9. The molecule has 0 heterocycles. The molecule has 0 spiro atoms. The number of carbonyl (C=O) groups excluding carboxylic acids is 1. The summed E-state index contributed by atoms with van der Waals surface area (Å²) < 4.78 is 0. The molecule has 0 aliphatic heterocycles. The molecule has 0 aliphatic carbocycles. The molecule has 0 atom stereocenters. The lowest BCUT2D eigenvalue weighted by Crippen LogP contribution is -2.24. The smallest absolute Gasteiger partial charge is 0.339 e. The Morgan fingerprint density at radius 1 is 1.23 bits per heavy atom. The Labute approximate surface area is 125 Å². The Morgan fingerprint density at radius 2 is 1.95 bits per heavy atom. The van der Waals surface area contributed by atoms with Crippen LogP contribution in [0.25, 0.3) is 0 Å². The molecule has 0 fully saturated rings. The summed E-state index contributed by atoms with van der Waals surface area (Å²) in [5.41, 5.74) is 2.72. The maximum absolute atomic E-state index is 11.6. The summed E-state index contributed by atoms with van der Waals surface area (Å²) in [6.45, 7) is 0. The largest absolute Gasteiger partial charge is 0.507 e. The fraction of sp³-hybridized carbons (Fsp3) is 0. The van der Waals surface area contributed by atoms with E-state index < -0.39 is 11.0 Å². The Balaban J connectivity index is 1.99. The van der Waals surface area contributed by atoms with E-state index in [4.69, 9.17) is 0 Å². The first-order chi connectivity index (χ1) is 10.6. The van der Waals surface area contributed by atoms with Crippen LogP contribution in [0.15, 0.2) is 53.6 Å². The Morgan fingerprint density at radius 3 is 2.64 bits per heavy atom. The van der Waals surface area contributed by atoms with E-state index >= 15 is 0 Å². The topological polar surface area (TPSA) is 117 Å². The van der Waals surface area contributed by atoms with E-state index in [0.29, 0.717) is 5.69 Å². The van der Waals surface area contributed by atoms with Crippen molar-refractivity contribution >= 4 is 23.6 Å². The van der Waals surface area contributed by atoms with Crippen molar-refractivity contribution < 1.29 is 14.8 Å². The lowest BCUT2D eigenvalue weighted by molar-refractivity contribution is -0.384. The number of nitrogens with one attached hydrogen (secondary N) is 2. The third-order valence-corrected chi connectivity index (χ3v) is 2.62. The van der Waals surface area contributed by atoms with Gasteiger partial charge >= 0.3 is 6.03 Å². The lowest BCUT2D eigenvalue weighted by atomic mass is 10.2. The molecule has 112 valence electrons. The molecule has 2 rings (SSSR count). The molecule has 0 bridgehead atoms. The van der Waals surface area contributed by atoms with Crippen molar-refractivity contribution in [2.75, 3.05) is 5.32 Å². The molecule has 8 nitrogen and oxygen atoms in total. The van der Waals surface area contributed by atoms with Gasteiger partial charge in [-0.25, -0.2) is 10.2 Å². The fourth-order valence-electron chi connectivity index (χ4n) is 1.60. The van der Waals surface area contributed by atoms with Gasteiger partial charge in [-0.15, -0.1) is 0 Å². The standard InChI is InChI=1S/C14H12N4O4/c19-13-7-6-12(18(21)22)8-10(13)9-15-17-14(20)16-11-4-2-1-3-5-11/h1-9,19H,(H2,16,17,20)/b15-9-. The lowest BCUT2D eigenvalue weighted by Gasteiger charge is -2.03. The zero-order valence-corrected chi connectivity index (χ0v) is 11.3. The predicted octanol–water partition coefficient (Wildman–Crippen LogP) is 2.46. The maximum atomic E-state index is 11.6. The van der Waals surface area contributed by atoms with Crippen LogP contribution < -0.4 is 10.7 Å². The van der Waals surface area contributed by atoms with Crippen molar-refractivity contribution in [2.45, 2.75) is 0 Å². The van der Waals surface area contributed by atoms with Crippen LogP contribution in [0.4, 0.5) is 16.2 Å². The molecule has 0 radical (unpaired) electrons. The van der Waals surface area contributed by atoms with E-state index in [1.165, 1.54) is 12.1 Å². The summed E-state index contributed by atoms with van der Waals surface area (Å²) in [6, 6.07) is 11.7. The number of carbonyl (C=O) groups is 1. The molecule has 0 saturated carbocycles. The minimum Gasteiger partial charge on any atom is -0.507 e. The van der Waals surface area contributed by atoms with Gasteiger partial charge in [0.2, 0.25) is 0 Å². The first kappa shape index (κ1) is 15.0. The monoisotopic (exact) mass is 300 g/mol. The number of nitrogens with zero attached hydrogens (tertiary/aromatic N) is 2. The van der Waals surface area contributed by atoms with E-state index in [2.05, 4.69) is 15.8 Å². The molecular formula is C14H12N4O4. The van der Waals surface area contributed by atoms with Crippen molar-refractivity contribution in [2.24, 2.45) is 5.10 Å². The Hall–Kier alpha value is -3.42. The second kappa shape index (κ2) is 6.84. The molecule has 2 aromatic carbocycles. The van der Waals surface area contributed by atoms with Gasteiger partial charge in [0, 0.05) is 23.4 Å². The molecular weight excluding hydrogens is 288 g/mol. The number of urea groups is 1. The van der Waals surface area contributed by atoms with Crippen molar-refractivity contribution in [1.29, 1.82) is 0 Å². The first-order valence-corrected chi connectivity index (χ1v) is 6.19. The van der Waals surface area contributed by atoms with Gasteiger partial charge in [0.15, 0.2) is 0 Å². The van der Waals surface area contributed by atoms with E-state index in [-0.39, 0.29) is 17.0 Å². The van der Waals surface area contributed by atoms with Gasteiger partial charge in [-0.1, -0.05) is 18.2 Å². The summed E-state index contributed by atoms with van der Waals surface area (Å²) >= 11 is 0. The Kier molecular flexibility index (Phi) is 4.66. The van der Waals surface area contributed by atoms with Crippen molar-refractivity contribution in [3.63, 3.8) is 0 Å². The third-order valence-electron chi connectivity index (χ3n) is 2.62. The van der Waals surface area contributed by atoms with E-state index in [1.807, 2.05) is 6.07 Å². The van der Waals surface area contributed by atoms with Crippen LogP contribution in [0.1, 0.15) is 5.56 Å². The number of phenols is 1. The SMILES string of the molecule is O=C(N/N=C\c1cc([N+](=O)[O-])ccc1O)Nc1ccccc1. The number of hydrazone groups is 1. The number of para-hydroxylation sites is 1. The van der Waals surface area contributed by atoms with Crippen LogP contribution in [-0.2, 0) is 0 Å².